The minimum Gasteiger partial charge on any atom is -0.337 e. The van der Waals surface area contributed by atoms with Gasteiger partial charge in [-0.3, -0.25) is 0 Å². The number of rotatable bonds is 3. The number of hydrogen-bond acceptors (Lipinski definition) is 5. The van der Waals surface area contributed by atoms with Gasteiger partial charge in [-0.05, 0) is 79.9 Å². The van der Waals surface area contributed by atoms with Crippen LogP contribution in [0.5, 0.6) is 0 Å². The number of aromatic nitrogens is 2. The molecular formula is C33H27BrN6. The predicted molar refractivity (Wildman–Crippen MR) is 167 cm³/mol. The van der Waals surface area contributed by atoms with Crippen molar-refractivity contribution in [2.45, 2.75) is 26.8 Å². The van der Waals surface area contributed by atoms with Gasteiger partial charge >= 0.3 is 0 Å². The highest BCUT2D eigenvalue weighted by Crippen LogP contribution is 2.48. The number of nitrogens with one attached hydrogen (secondary N) is 1. The lowest BCUT2D eigenvalue weighted by molar-refractivity contribution is 0.815. The molecule has 0 saturated carbocycles. The van der Waals surface area contributed by atoms with E-state index in [0.29, 0.717) is 5.84 Å². The van der Waals surface area contributed by atoms with E-state index in [2.05, 4.69) is 120 Å². The van der Waals surface area contributed by atoms with Gasteiger partial charge in [0.1, 0.15) is 0 Å². The Hall–Kier alpha value is -4.49. The van der Waals surface area contributed by atoms with Gasteiger partial charge in [0.2, 0.25) is 0 Å². The summed E-state index contributed by atoms with van der Waals surface area (Å²) in [5.41, 5.74) is 9.36. The molecule has 40 heavy (non-hydrogen) atoms. The quantitative estimate of drug-likeness (QED) is 0.231. The van der Waals surface area contributed by atoms with E-state index in [0.717, 1.165) is 61.3 Å². The SMILES string of the molecule is Cc1ccc(C)c(NC2=Nc3ccccc3N3C2=Nc2c(c(C)nn2-c2ccccc2)[C@H]3c2cccc(Br)c2)c1. The lowest BCUT2D eigenvalue weighted by atomic mass is 9.93. The molecule has 7 rings (SSSR count). The summed E-state index contributed by atoms with van der Waals surface area (Å²) in [6.45, 7) is 6.28. The average Bonchev–Trinajstić information content (AvgIpc) is 3.30. The maximum Gasteiger partial charge on any atom is 0.179 e. The van der Waals surface area contributed by atoms with Crippen LogP contribution in [0.25, 0.3) is 5.69 Å². The second kappa shape index (κ2) is 9.61. The van der Waals surface area contributed by atoms with Crippen molar-refractivity contribution in [2.24, 2.45) is 9.98 Å². The Morgan fingerprint density at radius 3 is 2.42 bits per heavy atom. The fourth-order valence-corrected chi connectivity index (χ4v) is 5.95. The Kier molecular flexibility index (Phi) is 5.90. The van der Waals surface area contributed by atoms with Crippen LogP contribution in [0.1, 0.15) is 34.0 Å². The molecule has 2 aliphatic rings. The molecular weight excluding hydrogens is 560 g/mol. The number of benzene rings is 4. The summed E-state index contributed by atoms with van der Waals surface area (Å²) in [4.78, 5) is 12.8. The second-order valence-corrected chi connectivity index (χ2v) is 11.1. The third-order valence-corrected chi connectivity index (χ3v) is 7.94. The van der Waals surface area contributed by atoms with E-state index in [1.165, 1.54) is 5.56 Å². The Morgan fingerprint density at radius 1 is 0.800 bits per heavy atom. The molecule has 2 aliphatic heterocycles. The van der Waals surface area contributed by atoms with Gasteiger partial charge in [-0.15, -0.1) is 0 Å². The number of aryl methyl sites for hydroxylation is 3. The van der Waals surface area contributed by atoms with Gasteiger partial charge in [-0.25, -0.2) is 14.7 Å². The van der Waals surface area contributed by atoms with Crippen molar-refractivity contribution < 1.29 is 0 Å². The van der Waals surface area contributed by atoms with Gasteiger partial charge in [0.25, 0.3) is 0 Å². The van der Waals surface area contributed by atoms with Crippen LogP contribution in [0, 0.1) is 20.8 Å². The van der Waals surface area contributed by atoms with Crippen LogP contribution in [0.3, 0.4) is 0 Å². The normalized spacial score (nSPS) is 15.5. The van der Waals surface area contributed by atoms with E-state index in [1.807, 2.05) is 28.9 Å². The number of para-hydroxylation sites is 3. The highest BCUT2D eigenvalue weighted by molar-refractivity contribution is 9.10. The Bertz CT molecular complexity index is 1840. The first-order chi connectivity index (χ1) is 19.5. The topological polar surface area (TPSA) is 57.8 Å². The van der Waals surface area contributed by atoms with Crippen LogP contribution in [-0.2, 0) is 0 Å². The van der Waals surface area contributed by atoms with Crippen LogP contribution in [-0.4, -0.2) is 21.5 Å². The Balaban J connectivity index is 1.51. The van der Waals surface area contributed by atoms with Crippen LogP contribution < -0.4 is 10.2 Å². The summed E-state index contributed by atoms with van der Waals surface area (Å²) < 4.78 is 2.98. The molecule has 4 aromatic carbocycles. The lowest BCUT2D eigenvalue weighted by Crippen LogP contribution is -2.46. The largest absolute Gasteiger partial charge is 0.337 e. The number of hydrogen-bond donors (Lipinski definition) is 1. The van der Waals surface area contributed by atoms with E-state index in [1.54, 1.807) is 0 Å². The van der Waals surface area contributed by atoms with Crippen molar-refractivity contribution in [3.63, 3.8) is 0 Å². The summed E-state index contributed by atoms with van der Waals surface area (Å²) in [6, 6.07) is 33.2. The van der Waals surface area contributed by atoms with Crippen LogP contribution in [0.4, 0.5) is 22.9 Å². The van der Waals surface area contributed by atoms with Crippen molar-refractivity contribution in [3.05, 3.63) is 129 Å². The summed E-state index contributed by atoms with van der Waals surface area (Å²) in [5.74, 6) is 2.28. The van der Waals surface area contributed by atoms with Gasteiger partial charge < -0.3 is 10.2 Å². The number of halogens is 1. The molecule has 196 valence electrons. The zero-order chi connectivity index (χ0) is 27.4. The Morgan fingerprint density at radius 2 is 1.60 bits per heavy atom. The first-order valence-electron chi connectivity index (χ1n) is 13.3. The summed E-state index contributed by atoms with van der Waals surface area (Å²) in [5, 5.41) is 8.67. The third kappa shape index (κ3) is 4.05. The van der Waals surface area contributed by atoms with Gasteiger partial charge in [0.05, 0.1) is 28.8 Å². The molecule has 1 N–H and O–H groups in total. The minimum absolute atomic E-state index is 0.162. The molecule has 0 radical (unpaired) electrons. The molecule has 1 aromatic heterocycles. The molecule has 0 unspecified atom stereocenters. The molecule has 6 nitrogen and oxygen atoms in total. The zero-order valence-corrected chi connectivity index (χ0v) is 24.0. The maximum absolute atomic E-state index is 5.33. The van der Waals surface area contributed by atoms with Crippen molar-refractivity contribution in [1.82, 2.24) is 9.78 Å². The van der Waals surface area contributed by atoms with Gasteiger partial charge in [0.15, 0.2) is 17.5 Å². The zero-order valence-electron chi connectivity index (χ0n) is 22.4. The Labute approximate surface area is 241 Å². The van der Waals surface area contributed by atoms with Gasteiger partial charge in [0, 0.05) is 15.7 Å². The first-order valence-corrected chi connectivity index (χ1v) is 14.1. The fraction of sp³-hybridized carbons (Fsp3) is 0.121. The minimum atomic E-state index is -0.162. The van der Waals surface area contributed by atoms with E-state index < -0.39 is 0 Å². The molecule has 0 aliphatic carbocycles. The number of anilines is 2. The maximum atomic E-state index is 5.33. The van der Waals surface area contributed by atoms with E-state index in [4.69, 9.17) is 15.1 Å². The molecule has 7 heteroatoms. The molecule has 0 spiro atoms. The molecule has 5 aromatic rings. The van der Waals surface area contributed by atoms with Crippen molar-refractivity contribution in [3.8, 4) is 5.69 Å². The molecule has 3 heterocycles. The lowest BCUT2D eigenvalue weighted by Gasteiger charge is -2.40. The summed E-state index contributed by atoms with van der Waals surface area (Å²) in [7, 11) is 0. The van der Waals surface area contributed by atoms with Crippen LogP contribution >= 0.6 is 15.9 Å². The van der Waals surface area contributed by atoms with Crippen molar-refractivity contribution >= 4 is 50.5 Å². The van der Waals surface area contributed by atoms with Crippen LogP contribution in [0.2, 0.25) is 0 Å². The first kappa shape index (κ1) is 24.5. The summed E-state index contributed by atoms with van der Waals surface area (Å²) >= 11 is 3.71. The third-order valence-electron chi connectivity index (χ3n) is 7.45. The number of amidine groups is 2. The van der Waals surface area contributed by atoms with E-state index in [-0.39, 0.29) is 6.04 Å². The smallest absolute Gasteiger partial charge is 0.179 e. The molecule has 0 amide bonds. The number of nitrogens with zero attached hydrogens (tertiary/aromatic N) is 5. The van der Waals surface area contributed by atoms with Crippen LogP contribution in [0.15, 0.2) is 112 Å². The van der Waals surface area contributed by atoms with Gasteiger partial charge in [-0.1, -0.05) is 70.5 Å². The molecule has 0 fully saturated rings. The predicted octanol–water partition coefficient (Wildman–Crippen LogP) is 8.36. The van der Waals surface area contributed by atoms with Gasteiger partial charge in [-0.2, -0.15) is 5.10 Å². The fourth-order valence-electron chi connectivity index (χ4n) is 5.54. The highest BCUT2D eigenvalue weighted by atomic mass is 79.9. The average molecular weight is 588 g/mol. The monoisotopic (exact) mass is 586 g/mol. The highest BCUT2D eigenvalue weighted by Gasteiger charge is 2.41. The van der Waals surface area contributed by atoms with Crippen molar-refractivity contribution in [2.75, 3.05) is 10.2 Å². The number of fused-ring (bicyclic) bond motifs is 4. The van der Waals surface area contributed by atoms with E-state index >= 15 is 0 Å². The molecule has 1 atom stereocenters. The molecule has 0 bridgehead atoms. The molecule has 0 saturated heterocycles. The number of aliphatic imine (C=N–C) groups is 2. The van der Waals surface area contributed by atoms with E-state index in [9.17, 15) is 0 Å². The second-order valence-electron chi connectivity index (χ2n) is 10.2. The standard InChI is InChI=1S/C33H27BrN6/c1-20-16-17-21(2)27(18-20)36-31-33-37-32-29(22(3)38-40(32)25-12-5-4-6-13-25)30(23-10-9-11-24(34)19-23)39(33)28-15-8-7-14-26(28)35-31/h4-19,30H,1-3H3,(H,35,36)/t30-/m1/s1. The van der Waals surface area contributed by atoms with Crippen molar-refractivity contribution in [1.29, 1.82) is 0 Å². The summed E-state index contributed by atoms with van der Waals surface area (Å²) in [6.07, 6.45) is 0.